The molecule has 2 rings (SSSR count). The van der Waals surface area contributed by atoms with E-state index in [-0.39, 0.29) is 10.2 Å². The van der Waals surface area contributed by atoms with Crippen LogP contribution < -0.4 is 0 Å². The normalized spacial score (nSPS) is 18.7. The van der Waals surface area contributed by atoms with Crippen LogP contribution in [0.15, 0.2) is 33.6 Å². The van der Waals surface area contributed by atoms with Gasteiger partial charge in [-0.25, -0.2) is 4.79 Å². The fraction of sp³-hybridized carbons (Fsp3) is 0.154. The van der Waals surface area contributed by atoms with Crippen LogP contribution in [0.5, 0.6) is 0 Å². The van der Waals surface area contributed by atoms with Crippen LogP contribution in [0.1, 0.15) is 12.5 Å². The molecule has 1 fully saturated rings. The summed E-state index contributed by atoms with van der Waals surface area (Å²) in [5, 5.41) is 9.00. The monoisotopic (exact) mass is 371 g/mol. The third kappa shape index (κ3) is 3.11. The molecular weight excluding hydrogens is 362 g/mol. The minimum Gasteiger partial charge on any atom is -0.480 e. The standard InChI is InChI=1S/C13H10BrNO3S2/c1-7(12(17)18)15-11(16)10(20-13(15)19)6-8-3-2-4-9(14)5-8/h2-7H,1H3,(H,17,18)/b10-6-/t7-/m0/s1. The van der Waals surface area contributed by atoms with E-state index in [4.69, 9.17) is 17.3 Å². The molecule has 1 aromatic rings. The average molecular weight is 372 g/mol. The highest BCUT2D eigenvalue weighted by molar-refractivity contribution is 9.10. The van der Waals surface area contributed by atoms with E-state index in [0.717, 1.165) is 26.7 Å². The number of halogens is 1. The Morgan fingerprint density at radius 2 is 2.25 bits per heavy atom. The molecule has 1 aromatic carbocycles. The van der Waals surface area contributed by atoms with Crippen LogP contribution >= 0.6 is 39.9 Å². The van der Waals surface area contributed by atoms with Crippen LogP contribution in [0.3, 0.4) is 0 Å². The van der Waals surface area contributed by atoms with Gasteiger partial charge >= 0.3 is 5.97 Å². The first-order chi connectivity index (χ1) is 9.40. The Morgan fingerprint density at radius 1 is 1.55 bits per heavy atom. The molecule has 0 bridgehead atoms. The smallest absolute Gasteiger partial charge is 0.326 e. The number of thiocarbonyl (C=S) groups is 1. The second kappa shape index (κ2) is 6.07. The van der Waals surface area contributed by atoms with Gasteiger partial charge < -0.3 is 5.11 Å². The van der Waals surface area contributed by atoms with E-state index in [1.807, 2.05) is 24.3 Å². The number of carbonyl (C=O) groups excluding carboxylic acids is 1. The third-order valence-electron chi connectivity index (χ3n) is 2.71. The van der Waals surface area contributed by atoms with Crippen LogP contribution in [0, 0.1) is 0 Å². The highest BCUT2D eigenvalue weighted by Gasteiger charge is 2.38. The molecule has 7 heteroatoms. The minimum absolute atomic E-state index is 0.270. The summed E-state index contributed by atoms with van der Waals surface area (Å²) in [4.78, 5) is 24.8. The Labute approximate surface area is 134 Å². The SMILES string of the molecule is C[C@@H](C(=O)O)N1C(=O)/C(=C/c2cccc(Br)c2)SC1=S. The maximum Gasteiger partial charge on any atom is 0.326 e. The number of carbonyl (C=O) groups is 2. The van der Waals surface area contributed by atoms with E-state index in [2.05, 4.69) is 15.9 Å². The molecule has 1 atom stereocenters. The highest BCUT2D eigenvalue weighted by Crippen LogP contribution is 2.34. The van der Waals surface area contributed by atoms with E-state index in [1.165, 1.54) is 6.92 Å². The van der Waals surface area contributed by atoms with Crippen LogP contribution in [-0.2, 0) is 9.59 Å². The van der Waals surface area contributed by atoms with Crippen molar-refractivity contribution in [2.75, 3.05) is 0 Å². The van der Waals surface area contributed by atoms with Crippen molar-refractivity contribution in [1.29, 1.82) is 0 Å². The summed E-state index contributed by atoms with van der Waals surface area (Å²) in [5.74, 6) is -1.44. The number of nitrogens with zero attached hydrogens (tertiary/aromatic N) is 1. The maximum atomic E-state index is 12.2. The molecule has 104 valence electrons. The first-order valence-electron chi connectivity index (χ1n) is 5.65. The Bertz CT molecular complexity index is 630. The molecule has 0 spiro atoms. The average Bonchev–Trinajstić information content (AvgIpc) is 2.63. The second-order valence-electron chi connectivity index (χ2n) is 4.12. The van der Waals surface area contributed by atoms with Gasteiger partial charge in [0, 0.05) is 4.47 Å². The summed E-state index contributed by atoms with van der Waals surface area (Å²) in [6.07, 6.45) is 1.71. The molecule has 1 saturated heterocycles. The van der Waals surface area contributed by atoms with Gasteiger partial charge in [-0.15, -0.1) is 0 Å². The van der Waals surface area contributed by atoms with Crippen LogP contribution in [0.2, 0.25) is 0 Å². The molecule has 0 unspecified atom stereocenters. The summed E-state index contributed by atoms with van der Waals surface area (Å²) >= 11 is 9.56. The molecule has 0 saturated carbocycles. The Balaban J connectivity index is 2.30. The third-order valence-corrected chi connectivity index (χ3v) is 4.54. The van der Waals surface area contributed by atoms with E-state index in [0.29, 0.717) is 4.91 Å². The Kier molecular flexibility index (Phi) is 4.62. The lowest BCUT2D eigenvalue weighted by atomic mass is 10.2. The van der Waals surface area contributed by atoms with Crippen molar-refractivity contribution in [1.82, 2.24) is 4.90 Å². The molecule has 4 nitrogen and oxygen atoms in total. The molecule has 0 radical (unpaired) electrons. The van der Waals surface area contributed by atoms with Gasteiger partial charge in [0.05, 0.1) is 4.91 Å². The summed E-state index contributed by atoms with van der Waals surface area (Å²) in [5.41, 5.74) is 0.850. The first-order valence-corrected chi connectivity index (χ1v) is 7.67. The second-order valence-corrected chi connectivity index (χ2v) is 6.71. The van der Waals surface area contributed by atoms with Crippen LogP contribution in [-0.4, -0.2) is 32.2 Å². The number of hydrogen-bond acceptors (Lipinski definition) is 4. The van der Waals surface area contributed by atoms with E-state index in [1.54, 1.807) is 6.08 Å². The summed E-state index contributed by atoms with van der Waals surface area (Å²) in [7, 11) is 0. The largest absolute Gasteiger partial charge is 0.480 e. The van der Waals surface area contributed by atoms with Crippen molar-refractivity contribution in [3.8, 4) is 0 Å². The van der Waals surface area contributed by atoms with E-state index >= 15 is 0 Å². The van der Waals surface area contributed by atoms with Crippen LogP contribution in [0.25, 0.3) is 6.08 Å². The maximum absolute atomic E-state index is 12.2. The fourth-order valence-electron chi connectivity index (χ4n) is 1.67. The topological polar surface area (TPSA) is 57.6 Å². The van der Waals surface area contributed by atoms with Crippen molar-refractivity contribution < 1.29 is 14.7 Å². The number of hydrogen-bond donors (Lipinski definition) is 1. The van der Waals surface area contributed by atoms with Crippen molar-refractivity contribution in [3.05, 3.63) is 39.2 Å². The Morgan fingerprint density at radius 3 is 2.85 bits per heavy atom. The summed E-state index contributed by atoms with van der Waals surface area (Å²) in [6, 6.07) is 6.51. The predicted molar refractivity (Wildman–Crippen MR) is 86.3 cm³/mol. The van der Waals surface area contributed by atoms with Crippen LogP contribution in [0.4, 0.5) is 0 Å². The molecule has 1 amide bonds. The van der Waals surface area contributed by atoms with Crippen molar-refractivity contribution >= 4 is 62.2 Å². The summed E-state index contributed by atoms with van der Waals surface area (Å²) in [6.45, 7) is 1.44. The number of benzene rings is 1. The molecular formula is C13H10BrNO3S2. The van der Waals surface area contributed by atoms with Gasteiger partial charge in [0.25, 0.3) is 5.91 Å². The molecule has 0 aliphatic carbocycles. The lowest BCUT2D eigenvalue weighted by Gasteiger charge is -2.18. The predicted octanol–water partition coefficient (Wildman–Crippen LogP) is 3.12. The minimum atomic E-state index is -1.08. The van der Waals surface area contributed by atoms with Crippen molar-refractivity contribution in [3.63, 3.8) is 0 Å². The zero-order valence-electron chi connectivity index (χ0n) is 10.4. The zero-order valence-corrected chi connectivity index (χ0v) is 13.6. The number of aliphatic carboxylic acids is 1. The number of carboxylic acids is 1. The van der Waals surface area contributed by atoms with Crippen molar-refractivity contribution in [2.24, 2.45) is 0 Å². The summed E-state index contributed by atoms with van der Waals surface area (Å²) < 4.78 is 1.17. The number of amides is 1. The molecule has 1 aliphatic rings. The highest BCUT2D eigenvalue weighted by atomic mass is 79.9. The molecule has 20 heavy (non-hydrogen) atoms. The first kappa shape index (κ1) is 15.2. The Hall–Kier alpha value is -1.18. The number of carboxylic acid groups (broad SMARTS) is 1. The van der Waals surface area contributed by atoms with Gasteiger partial charge in [-0.05, 0) is 30.7 Å². The zero-order chi connectivity index (χ0) is 14.9. The number of thioether (sulfide) groups is 1. The number of rotatable bonds is 3. The quantitative estimate of drug-likeness (QED) is 0.653. The van der Waals surface area contributed by atoms with Gasteiger partial charge in [0.2, 0.25) is 0 Å². The van der Waals surface area contributed by atoms with Crippen molar-refractivity contribution in [2.45, 2.75) is 13.0 Å². The molecule has 1 N–H and O–H groups in total. The van der Waals surface area contributed by atoms with Gasteiger partial charge in [0.1, 0.15) is 10.4 Å². The van der Waals surface area contributed by atoms with E-state index in [9.17, 15) is 9.59 Å². The van der Waals surface area contributed by atoms with Gasteiger partial charge in [-0.3, -0.25) is 9.69 Å². The molecule has 1 heterocycles. The van der Waals surface area contributed by atoms with Gasteiger partial charge in [-0.2, -0.15) is 0 Å². The lowest BCUT2D eigenvalue weighted by Crippen LogP contribution is -2.41. The van der Waals surface area contributed by atoms with Gasteiger partial charge in [0.15, 0.2) is 0 Å². The molecule has 0 aromatic heterocycles. The lowest BCUT2D eigenvalue weighted by molar-refractivity contribution is -0.144. The van der Waals surface area contributed by atoms with Gasteiger partial charge in [-0.1, -0.05) is 52.0 Å². The molecule has 1 aliphatic heterocycles. The fourth-order valence-corrected chi connectivity index (χ4v) is 3.51. The van der Waals surface area contributed by atoms with E-state index < -0.39 is 12.0 Å².